The monoisotopic (exact) mass is 354 g/mol. The summed E-state index contributed by atoms with van der Waals surface area (Å²) >= 11 is 0. The van der Waals surface area contributed by atoms with Crippen molar-refractivity contribution in [1.29, 1.82) is 0 Å². The van der Waals surface area contributed by atoms with Crippen molar-refractivity contribution < 1.29 is 13.9 Å². The summed E-state index contributed by atoms with van der Waals surface area (Å²) in [6, 6.07) is 8.00. The van der Waals surface area contributed by atoms with E-state index in [0.29, 0.717) is 29.0 Å². The summed E-state index contributed by atoms with van der Waals surface area (Å²) in [6.45, 7) is 3.83. The zero-order valence-electron chi connectivity index (χ0n) is 14.8. The molecule has 2 N–H and O–H groups in total. The lowest BCUT2D eigenvalue weighted by Gasteiger charge is -2.41. The van der Waals surface area contributed by atoms with E-state index < -0.39 is 11.1 Å². The lowest BCUT2D eigenvalue weighted by Crippen LogP contribution is -2.49. The van der Waals surface area contributed by atoms with E-state index in [1.165, 1.54) is 23.2 Å². The van der Waals surface area contributed by atoms with Gasteiger partial charge in [-0.3, -0.25) is 14.7 Å². The second-order valence-corrected chi connectivity index (χ2v) is 7.30. The van der Waals surface area contributed by atoms with Crippen molar-refractivity contribution in [2.45, 2.75) is 31.4 Å². The molecule has 2 aromatic rings. The lowest BCUT2D eigenvalue weighted by atomic mass is 9.77. The first-order chi connectivity index (χ1) is 12.2. The molecule has 1 unspecified atom stereocenters. The zero-order valence-corrected chi connectivity index (χ0v) is 14.8. The number of hydrogen-bond acceptors (Lipinski definition) is 5. The number of carbonyl (C=O) groups is 1. The van der Waals surface area contributed by atoms with E-state index in [9.17, 15) is 9.18 Å². The van der Waals surface area contributed by atoms with Crippen molar-refractivity contribution >= 4 is 11.9 Å². The molecule has 26 heavy (non-hydrogen) atoms. The summed E-state index contributed by atoms with van der Waals surface area (Å²) in [5.41, 5.74) is 6.00. The van der Waals surface area contributed by atoms with E-state index in [1.54, 1.807) is 25.2 Å². The predicted molar refractivity (Wildman–Crippen MR) is 95.0 cm³/mol. The summed E-state index contributed by atoms with van der Waals surface area (Å²) in [5.74, 6) is 0.172. The van der Waals surface area contributed by atoms with Crippen LogP contribution in [0.3, 0.4) is 0 Å². The van der Waals surface area contributed by atoms with E-state index in [2.05, 4.69) is 9.98 Å². The maximum atomic E-state index is 13.6. The zero-order chi connectivity index (χ0) is 18.7. The molecule has 2 aliphatic rings. The molecule has 0 radical (unpaired) electrons. The first-order valence-electron chi connectivity index (χ1n) is 8.31. The Morgan fingerprint density at radius 2 is 2.04 bits per heavy atom. The van der Waals surface area contributed by atoms with Crippen LogP contribution in [0.1, 0.15) is 25.8 Å². The van der Waals surface area contributed by atoms with Crippen LogP contribution in [0.4, 0.5) is 4.39 Å². The minimum atomic E-state index is -1.14. The van der Waals surface area contributed by atoms with E-state index in [1.807, 2.05) is 13.8 Å². The largest absolute Gasteiger partial charge is 0.487 e. The maximum absolute atomic E-state index is 13.6. The number of guanidine groups is 1. The molecule has 1 amide bonds. The number of benzene rings is 1. The molecule has 0 fully saturated rings. The highest BCUT2D eigenvalue weighted by atomic mass is 19.1. The van der Waals surface area contributed by atoms with Gasteiger partial charge in [-0.1, -0.05) is 0 Å². The third-order valence-corrected chi connectivity index (χ3v) is 4.82. The van der Waals surface area contributed by atoms with Crippen LogP contribution in [0.15, 0.2) is 41.5 Å². The fraction of sp³-hybridized carbons (Fsp3) is 0.316. The van der Waals surface area contributed by atoms with Gasteiger partial charge in [-0.15, -0.1) is 0 Å². The van der Waals surface area contributed by atoms with Crippen LogP contribution in [0.25, 0.3) is 11.3 Å². The van der Waals surface area contributed by atoms with Crippen LogP contribution in [0.5, 0.6) is 5.75 Å². The molecule has 1 aromatic heterocycles. The van der Waals surface area contributed by atoms with E-state index in [-0.39, 0.29) is 17.7 Å². The van der Waals surface area contributed by atoms with Crippen LogP contribution >= 0.6 is 0 Å². The number of ether oxygens (including phenoxy) is 1. The number of aromatic nitrogens is 1. The van der Waals surface area contributed by atoms with Gasteiger partial charge in [0.1, 0.15) is 17.2 Å². The fourth-order valence-corrected chi connectivity index (χ4v) is 3.70. The van der Waals surface area contributed by atoms with Gasteiger partial charge in [0.2, 0.25) is 0 Å². The molecule has 4 rings (SSSR count). The topological polar surface area (TPSA) is 80.8 Å². The van der Waals surface area contributed by atoms with Gasteiger partial charge >= 0.3 is 0 Å². The fourth-order valence-electron chi connectivity index (χ4n) is 3.70. The average Bonchev–Trinajstić information content (AvgIpc) is 2.78. The summed E-state index contributed by atoms with van der Waals surface area (Å²) in [5, 5.41) is 0. The number of carbonyl (C=O) groups excluding carboxylic acids is 1. The molecule has 1 spiro atoms. The number of nitrogens with two attached hydrogens (primary N) is 1. The van der Waals surface area contributed by atoms with Crippen LogP contribution in [-0.2, 0) is 10.3 Å². The van der Waals surface area contributed by atoms with Crippen LogP contribution < -0.4 is 10.5 Å². The Hall–Kier alpha value is -2.96. The van der Waals surface area contributed by atoms with Gasteiger partial charge in [0.05, 0.1) is 5.69 Å². The number of fused-ring (bicyclic) bond motifs is 2. The van der Waals surface area contributed by atoms with Crippen molar-refractivity contribution in [2.75, 3.05) is 7.05 Å². The van der Waals surface area contributed by atoms with E-state index in [4.69, 9.17) is 10.5 Å². The Kier molecular flexibility index (Phi) is 3.34. The number of aliphatic imine (C=N–C) groups is 1. The molecule has 0 saturated heterocycles. The summed E-state index contributed by atoms with van der Waals surface area (Å²) < 4.78 is 19.7. The SMILES string of the molecule is CN1C(=O)C2(CC(C)(C)Oc3ccc(-c4cc(F)ccn4)cc32)N=C1N. The molecule has 0 aliphatic carbocycles. The first-order valence-corrected chi connectivity index (χ1v) is 8.31. The van der Waals surface area contributed by atoms with Crippen molar-refractivity contribution in [3.8, 4) is 17.0 Å². The van der Waals surface area contributed by atoms with Gasteiger partial charge in [-0.2, -0.15) is 0 Å². The average molecular weight is 354 g/mol. The minimum Gasteiger partial charge on any atom is -0.487 e. The van der Waals surface area contributed by atoms with Gasteiger partial charge in [0.15, 0.2) is 11.5 Å². The number of nitrogens with zero attached hydrogens (tertiary/aromatic N) is 3. The molecule has 1 atom stereocenters. The molecule has 0 saturated carbocycles. The highest BCUT2D eigenvalue weighted by Crippen LogP contribution is 2.49. The molecule has 3 heterocycles. The van der Waals surface area contributed by atoms with Crippen molar-refractivity contribution in [1.82, 2.24) is 9.88 Å². The van der Waals surface area contributed by atoms with Crippen LogP contribution in [0, 0.1) is 5.82 Å². The number of hydrogen-bond donors (Lipinski definition) is 1. The standard InChI is InChI=1S/C19H19FN4O2/c1-18(2)10-19(16(25)24(3)17(21)23-19)13-8-11(4-5-15(13)26-18)14-9-12(20)6-7-22-14/h4-9H,10H2,1-3H3,(H2,21,23). The summed E-state index contributed by atoms with van der Waals surface area (Å²) in [4.78, 5) is 23.1. The Bertz CT molecular complexity index is 956. The van der Waals surface area contributed by atoms with Gasteiger partial charge in [-0.05, 0) is 38.1 Å². The molecular formula is C19H19FN4O2. The van der Waals surface area contributed by atoms with Crippen molar-refractivity contribution in [3.63, 3.8) is 0 Å². The Morgan fingerprint density at radius 3 is 2.69 bits per heavy atom. The molecule has 2 aliphatic heterocycles. The van der Waals surface area contributed by atoms with E-state index in [0.717, 1.165) is 0 Å². The second kappa shape index (κ2) is 5.27. The first kappa shape index (κ1) is 16.5. The number of likely N-dealkylation sites (N-methyl/N-ethyl adjacent to an activating group) is 1. The van der Waals surface area contributed by atoms with Crippen LogP contribution in [-0.4, -0.2) is 34.4 Å². The molecule has 1 aromatic carbocycles. The van der Waals surface area contributed by atoms with Gasteiger partial charge < -0.3 is 10.5 Å². The number of halogens is 1. The van der Waals surface area contributed by atoms with Gasteiger partial charge in [-0.25, -0.2) is 9.38 Å². The predicted octanol–water partition coefficient (Wildman–Crippen LogP) is 2.43. The Morgan fingerprint density at radius 1 is 1.27 bits per heavy atom. The van der Waals surface area contributed by atoms with Crippen molar-refractivity contribution in [2.24, 2.45) is 10.7 Å². The number of amides is 1. The molecule has 134 valence electrons. The van der Waals surface area contributed by atoms with Gasteiger partial charge in [0, 0.05) is 36.9 Å². The van der Waals surface area contributed by atoms with Gasteiger partial charge in [0.25, 0.3) is 5.91 Å². The number of rotatable bonds is 1. The highest BCUT2D eigenvalue weighted by molar-refractivity contribution is 6.07. The highest BCUT2D eigenvalue weighted by Gasteiger charge is 2.55. The molecule has 7 heteroatoms. The number of pyridine rings is 1. The summed E-state index contributed by atoms with van der Waals surface area (Å²) in [6.07, 6.45) is 1.76. The molecular weight excluding hydrogens is 335 g/mol. The second-order valence-electron chi connectivity index (χ2n) is 7.30. The lowest BCUT2D eigenvalue weighted by molar-refractivity contribution is -0.133. The third kappa shape index (κ3) is 2.34. The van der Waals surface area contributed by atoms with E-state index >= 15 is 0 Å². The molecule has 0 bridgehead atoms. The summed E-state index contributed by atoms with van der Waals surface area (Å²) in [7, 11) is 1.61. The van der Waals surface area contributed by atoms with Crippen LogP contribution in [0.2, 0.25) is 0 Å². The van der Waals surface area contributed by atoms with Crippen molar-refractivity contribution in [3.05, 3.63) is 47.9 Å². The normalized spacial score (nSPS) is 23.6. The smallest absolute Gasteiger partial charge is 0.261 e. The Labute approximate surface area is 150 Å². The Balaban J connectivity index is 1.93. The molecule has 6 nitrogen and oxygen atoms in total. The quantitative estimate of drug-likeness (QED) is 0.853. The minimum absolute atomic E-state index is 0.174. The maximum Gasteiger partial charge on any atom is 0.261 e. The third-order valence-electron chi connectivity index (χ3n) is 4.82.